The van der Waals surface area contributed by atoms with E-state index in [0.717, 1.165) is 24.3 Å². The number of hydrogen-bond donors (Lipinski definition) is 4. The van der Waals surface area contributed by atoms with Crippen molar-refractivity contribution in [3.05, 3.63) is 107 Å². The number of carbonyl (C=O) groups excluding carboxylic acids is 2. The third-order valence-electron chi connectivity index (χ3n) is 7.17. The van der Waals surface area contributed by atoms with Crippen molar-refractivity contribution < 1.29 is 72.5 Å². The molecule has 0 spiro atoms. The first kappa shape index (κ1) is 36.0. The summed E-state index contributed by atoms with van der Waals surface area (Å²) in [6, 6.07) is 11.9. The van der Waals surface area contributed by atoms with Crippen molar-refractivity contribution in [3.63, 3.8) is 0 Å². The molecule has 0 aliphatic rings. The van der Waals surface area contributed by atoms with Crippen LogP contribution in [-0.2, 0) is 11.2 Å². The average molecular weight is 698 g/mol. The Morgan fingerprint density at radius 2 is 0.708 bits per heavy atom. The molecule has 18 heteroatoms. The van der Waals surface area contributed by atoms with Crippen molar-refractivity contribution in [3.8, 4) is 0 Å². The maximum absolute atomic E-state index is 14.0. The van der Waals surface area contributed by atoms with E-state index in [2.05, 4.69) is 0 Å². The Hall–Kier alpha value is -4.84. The number of carbonyl (C=O) groups is 2. The van der Waals surface area contributed by atoms with Gasteiger partial charge in [-0.3, -0.25) is 9.59 Å². The Kier molecular flexibility index (Phi) is 9.00. The second-order valence-corrected chi connectivity index (χ2v) is 10.1. The summed E-state index contributed by atoms with van der Waals surface area (Å²) in [6.45, 7) is 0. The van der Waals surface area contributed by atoms with E-state index in [1.165, 1.54) is 36.4 Å². The van der Waals surface area contributed by atoms with Crippen LogP contribution in [0.2, 0.25) is 0 Å². The highest BCUT2D eigenvalue weighted by Gasteiger charge is 2.73. The first-order chi connectivity index (χ1) is 22.0. The molecule has 0 aliphatic carbocycles. The number of fused-ring (bicyclic) bond motifs is 1. The molecule has 0 atom stereocenters. The molecule has 0 aromatic heterocycles. The summed E-state index contributed by atoms with van der Waals surface area (Å²) in [5, 5.41) is 21.7. The number of anilines is 2. The number of nitrogens with one attached hydrogen (secondary N) is 2. The SMILES string of the molecule is O=C(Nc1c(C(O)(C(F)(F)F)C(F)(F)F)ccc2c(NC(=O)c3ccccc3)c(C(O)(C(F)(F)F)C(F)(F)F)ccc12)c1ccccc1. The highest BCUT2D eigenvalue weighted by molar-refractivity contribution is 6.15. The van der Waals surface area contributed by atoms with Gasteiger partial charge in [-0.15, -0.1) is 0 Å². The second kappa shape index (κ2) is 12.0. The number of alkyl halides is 12. The fourth-order valence-corrected chi connectivity index (χ4v) is 4.76. The standard InChI is InChI=1S/C30H18F12N2O4/c31-27(32,33)25(47,28(34,35)36)19-13-12-18-17(21(19)43-23(45)15-7-3-1-4-8-15)11-14-20(26(48,29(37,38)39)30(40,41)42)22(18)44-24(46)16-9-5-2-6-10-16/h1-14,47-48H,(H,43,45)(H,44,46). The normalized spacial score (nSPS) is 13.4. The molecule has 4 aromatic rings. The van der Waals surface area contributed by atoms with Crippen molar-refractivity contribution in [2.45, 2.75) is 35.9 Å². The third kappa shape index (κ3) is 6.00. The van der Waals surface area contributed by atoms with E-state index in [0.29, 0.717) is 0 Å². The van der Waals surface area contributed by atoms with Crippen molar-refractivity contribution in [1.82, 2.24) is 0 Å². The summed E-state index contributed by atoms with van der Waals surface area (Å²) in [4.78, 5) is 26.0. The van der Waals surface area contributed by atoms with Gasteiger partial charge in [0.05, 0.1) is 11.4 Å². The monoisotopic (exact) mass is 698 g/mol. The van der Waals surface area contributed by atoms with E-state index in [4.69, 9.17) is 0 Å². The molecule has 0 aliphatic heterocycles. The zero-order chi connectivity index (χ0) is 36.1. The molecule has 2 amide bonds. The van der Waals surface area contributed by atoms with E-state index >= 15 is 0 Å². The van der Waals surface area contributed by atoms with Crippen LogP contribution in [0.5, 0.6) is 0 Å². The molecule has 0 heterocycles. The number of amides is 2. The molecule has 6 nitrogen and oxygen atoms in total. The number of rotatable bonds is 6. The van der Waals surface area contributed by atoms with Gasteiger partial charge in [0.2, 0.25) is 0 Å². The van der Waals surface area contributed by atoms with Crippen LogP contribution in [-0.4, -0.2) is 46.7 Å². The largest absolute Gasteiger partial charge is 0.430 e. The minimum atomic E-state index is -6.57. The topological polar surface area (TPSA) is 98.7 Å². The predicted octanol–water partition coefficient (Wildman–Crippen LogP) is 7.97. The van der Waals surface area contributed by atoms with Gasteiger partial charge in [-0.1, -0.05) is 60.7 Å². The van der Waals surface area contributed by atoms with E-state index < -0.39 is 81.0 Å². The lowest BCUT2D eigenvalue weighted by Crippen LogP contribution is -2.54. The van der Waals surface area contributed by atoms with Crippen LogP contribution < -0.4 is 10.6 Å². The van der Waals surface area contributed by atoms with Gasteiger partial charge in [-0.2, -0.15) is 52.7 Å². The second-order valence-electron chi connectivity index (χ2n) is 10.1. The molecule has 0 fully saturated rings. The molecule has 48 heavy (non-hydrogen) atoms. The molecule has 4 rings (SSSR count). The summed E-state index contributed by atoms with van der Waals surface area (Å²) >= 11 is 0. The van der Waals surface area contributed by atoms with Crippen LogP contribution >= 0.6 is 0 Å². The molecule has 0 saturated carbocycles. The first-order valence-corrected chi connectivity index (χ1v) is 13.0. The Morgan fingerprint density at radius 1 is 0.438 bits per heavy atom. The van der Waals surface area contributed by atoms with Gasteiger partial charge in [0.1, 0.15) is 0 Å². The van der Waals surface area contributed by atoms with Gasteiger partial charge in [0.15, 0.2) is 0 Å². The van der Waals surface area contributed by atoms with Gasteiger partial charge in [-0.05, 0) is 24.3 Å². The van der Waals surface area contributed by atoms with Crippen LogP contribution in [0, 0.1) is 0 Å². The Balaban J connectivity index is 2.17. The van der Waals surface area contributed by atoms with Gasteiger partial charge in [0.25, 0.3) is 23.0 Å². The van der Waals surface area contributed by atoms with Crippen LogP contribution in [0.15, 0.2) is 84.9 Å². The van der Waals surface area contributed by atoms with Crippen LogP contribution in [0.25, 0.3) is 10.8 Å². The lowest BCUT2D eigenvalue weighted by molar-refractivity contribution is -0.376. The quantitative estimate of drug-likeness (QED) is 0.154. The molecule has 0 bridgehead atoms. The minimum absolute atomic E-state index is 0.147. The summed E-state index contributed by atoms with van der Waals surface area (Å²) < 4.78 is 168. The third-order valence-corrected chi connectivity index (χ3v) is 7.17. The molecular weight excluding hydrogens is 680 g/mol. The number of benzene rings is 4. The summed E-state index contributed by atoms with van der Waals surface area (Å²) in [7, 11) is 0. The highest BCUT2D eigenvalue weighted by atomic mass is 19.4. The fraction of sp³-hybridized carbons (Fsp3) is 0.200. The number of halogens is 12. The molecule has 4 N–H and O–H groups in total. The fourth-order valence-electron chi connectivity index (χ4n) is 4.76. The van der Waals surface area contributed by atoms with Crippen molar-refractivity contribution in [2.75, 3.05) is 10.6 Å². The molecule has 256 valence electrons. The predicted molar refractivity (Wildman–Crippen MR) is 145 cm³/mol. The minimum Gasteiger partial charge on any atom is -0.369 e. The van der Waals surface area contributed by atoms with Crippen LogP contribution in [0.1, 0.15) is 31.8 Å². The highest BCUT2D eigenvalue weighted by Crippen LogP contribution is 2.56. The lowest BCUT2D eigenvalue weighted by Gasteiger charge is -2.36. The van der Waals surface area contributed by atoms with Crippen LogP contribution in [0.4, 0.5) is 64.1 Å². The molecule has 0 saturated heterocycles. The molecule has 0 unspecified atom stereocenters. The van der Waals surface area contributed by atoms with E-state index in [9.17, 15) is 72.5 Å². The Labute approximate surface area is 260 Å². The van der Waals surface area contributed by atoms with Crippen molar-refractivity contribution in [2.24, 2.45) is 0 Å². The smallest absolute Gasteiger partial charge is 0.369 e. The summed E-state index contributed by atoms with van der Waals surface area (Å²) in [6.07, 6.45) is -26.3. The number of aliphatic hydroxyl groups is 2. The maximum atomic E-state index is 14.0. The van der Waals surface area contributed by atoms with Gasteiger partial charge >= 0.3 is 24.7 Å². The zero-order valence-corrected chi connectivity index (χ0v) is 23.3. The zero-order valence-electron chi connectivity index (χ0n) is 23.3. The van der Waals surface area contributed by atoms with Gasteiger partial charge < -0.3 is 20.8 Å². The summed E-state index contributed by atoms with van der Waals surface area (Å²) in [5.41, 5.74) is -19.7. The average Bonchev–Trinajstić information content (AvgIpc) is 2.99. The molecule has 0 radical (unpaired) electrons. The first-order valence-electron chi connectivity index (χ1n) is 13.0. The number of hydrogen-bond acceptors (Lipinski definition) is 4. The van der Waals surface area contributed by atoms with E-state index in [1.54, 1.807) is 10.6 Å². The summed E-state index contributed by atoms with van der Waals surface area (Å²) in [5.74, 6) is -2.84. The maximum Gasteiger partial charge on any atom is 0.430 e. The lowest BCUT2D eigenvalue weighted by atomic mass is 9.84. The van der Waals surface area contributed by atoms with Crippen molar-refractivity contribution in [1.29, 1.82) is 0 Å². The van der Waals surface area contributed by atoms with E-state index in [1.807, 2.05) is 0 Å². The molecule has 4 aromatic carbocycles. The van der Waals surface area contributed by atoms with Gasteiger partial charge in [0, 0.05) is 33.0 Å². The van der Waals surface area contributed by atoms with Gasteiger partial charge in [-0.25, -0.2) is 0 Å². The Bertz CT molecular complexity index is 1670. The molecular formula is C30H18F12N2O4. The van der Waals surface area contributed by atoms with Crippen LogP contribution in [0.3, 0.4) is 0 Å². The van der Waals surface area contributed by atoms with Crippen molar-refractivity contribution >= 4 is 34.0 Å². The Morgan fingerprint density at radius 3 is 0.958 bits per heavy atom. The van der Waals surface area contributed by atoms with E-state index in [-0.39, 0.29) is 35.4 Å².